The summed E-state index contributed by atoms with van der Waals surface area (Å²) >= 11 is 7.68. The number of nitrogens with one attached hydrogen (secondary N) is 2. The second kappa shape index (κ2) is 12.1. The number of guanidine groups is 1. The van der Waals surface area contributed by atoms with Crippen molar-refractivity contribution in [3.05, 3.63) is 64.4 Å². The predicted molar refractivity (Wildman–Crippen MR) is 136 cm³/mol. The van der Waals surface area contributed by atoms with E-state index in [1.807, 2.05) is 72.5 Å². The minimum atomic E-state index is 0. The third-order valence-corrected chi connectivity index (χ3v) is 5.54. The van der Waals surface area contributed by atoms with E-state index >= 15 is 0 Å². The van der Waals surface area contributed by atoms with Gasteiger partial charge in [0.25, 0.3) is 0 Å². The number of aromatic nitrogens is 3. The van der Waals surface area contributed by atoms with Crippen LogP contribution < -0.4 is 15.5 Å². The number of hydrogen-bond donors (Lipinski definition) is 2. The molecule has 0 radical (unpaired) electrons. The van der Waals surface area contributed by atoms with E-state index in [0.29, 0.717) is 13.1 Å². The molecule has 0 saturated carbocycles. The standard InChI is InChI=1S/C20H26ClN7S.HI/c1-4-22-19(23-12-17-14-29-20(26-17)27(2)3)24-13-18(28-11-5-10-25-28)15-6-8-16(21)9-7-15;/h5-11,14,18H,4,12-13H2,1-3H3,(H2,22,23,24);1H. The van der Waals surface area contributed by atoms with E-state index in [1.165, 1.54) is 0 Å². The maximum Gasteiger partial charge on any atom is 0.191 e. The van der Waals surface area contributed by atoms with Gasteiger partial charge in [0.2, 0.25) is 0 Å². The number of thiazole rings is 1. The second-order valence-corrected chi connectivity index (χ2v) is 7.92. The predicted octanol–water partition coefficient (Wildman–Crippen LogP) is 4.02. The van der Waals surface area contributed by atoms with E-state index in [0.717, 1.165) is 33.9 Å². The number of rotatable bonds is 8. The van der Waals surface area contributed by atoms with Gasteiger partial charge in [0.15, 0.2) is 11.1 Å². The first-order valence-corrected chi connectivity index (χ1v) is 10.7. The Balaban J connectivity index is 0.00000320. The smallest absolute Gasteiger partial charge is 0.191 e. The van der Waals surface area contributed by atoms with Gasteiger partial charge in [0, 0.05) is 50.0 Å². The van der Waals surface area contributed by atoms with Crippen molar-refractivity contribution in [2.45, 2.75) is 19.5 Å². The van der Waals surface area contributed by atoms with Crippen LogP contribution in [0.2, 0.25) is 5.02 Å². The molecule has 0 aliphatic rings. The van der Waals surface area contributed by atoms with Crippen LogP contribution in [0.3, 0.4) is 0 Å². The zero-order valence-corrected chi connectivity index (χ0v) is 21.2. The van der Waals surface area contributed by atoms with Crippen LogP contribution in [-0.4, -0.2) is 47.9 Å². The Labute approximate surface area is 203 Å². The van der Waals surface area contributed by atoms with Gasteiger partial charge in [-0.1, -0.05) is 23.7 Å². The highest BCUT2D eigenvalue weighted by atomic mass is 127. The molecule has 10 heteroatoms. The highest BCUT2D eigenvalue weighted by Gasteiger charge is 2.15. The first kappa shape index (κ1) is 24.4. The van der Waals surface area contributed by atoms with Crippen molar-refractivity contribution < 1.29 is 0 Å². The molecule has 0 aliphatic heterocycles. The summed E-state index contributed by atoms with van der Waals surface area (Å²) in [5.41, 5.74) is 2.08. The summed E-state index contributed by atoms with van der Waals surface area (Å²) < 4.78 is 1.93. The number of anilines is 1. The van der Waals surface area contributed by atoms with Crippen molar-refractivity contribution in [2.24, 2.45) is 4.99 Å². The van der Waals surface area contributed by atoms with E-state index in [9.17, 15) is 0 Å². The van der Waals surface area contributed by atoms with Gasteiger partial charge < -0.3 is 15.5 Å². The van der Waals surface area contributed by atoms with Crippen LogP contribution in [0.1, 0.15) is 24.2 Å². The fourth-order valence-electron chi connectivity index (χ4n) is 2.78. The third-order valence-electron chi connectivity index (χ3n) is 4.23. The van der Waals surface area contributed by atoms with Crippen LogP contribution in [0.5, 0.6) is 0 Å². The molecule has 1 atom stereocenters. The van der Waals surface area contributed by atoms with Crippen molar-refractivity contribution in [2.75, 3.05) is 32.1 Å². The molecule has 0 saturated heterocycles. The molecule has 0 amide bonds. The summed E-state index contributed by atoms with van der Waals surface area (Å²) in [6.07, 6.45) is 3.75. The lowest BCUT2D eigenvalue weighted by atomic mass is 10.1. The fraction of sp³-hybridized carbons (Fsp3) is 0.350. The Morgan fingerprint density at radius 2 is 2.03 bits per heavy atom. The topological polar surface area (TPSA) is 70.4 Å². The largest absolute Gasteiger partial charge is 0.357 e. The van der Waals surface area contributed by atoms with E-state index in [-0.39, 0.29) is 30.0 Å². The number of hydrogen-bond acceptors (Lipinski definition) is 5. The number of halogens is 2. The van der Waals surface area contributed by atoms with Crippen molar-refractivity contribution in [1.82, 2.24) is 25.4 Å². The number of benzene rings is 1. The van der Waals surface area contributed by atoms with Crippen molar-refractivity contribution >= 4 is 58.0 Å². The maximum absolute atomic E-state index is 6.06. The van der Waals surface area contributed by atoms with Crippen LogP contribution in [0.25, 0.3) is 0 Å². The van der Waals surface area contributed by atoms with Crippen molar-refractivity contribution in [3.63, 3.8) is 0 Å². The van der Waals surface area contributed by atoms with Crippen LogP contribution in [0.4, 0.5) is 5.13 Å². The average molecular weight is 560 g/mol. The molecular formula is C20H27ClIN7S. The summed E-state index contributed by atoms with van der Waals surface area (Å²) in [4.78, 5) is 11.3. The third kappa shape index (κ3) is 6.85. The molecule has 0 fully saturated rings. The lowest BCUT2D eigenvalue weighted by Gasteiger charge is -2.20. The molecule has 30 heavy (non-hydrogen) atoms. The first-order chi connectivity index (χ1) is 14.1. The Hall–Kier alpha value is -1.85. The molecule has 2 N–H and O–H groups in total. The second-order valence-electron chi connectivity index (χ2n) is 6.65. The summed E-state index contributed by atoms with van der Waals surface area (Å²) in [6, 6.07) is 9.80. The molecule has 3 aromatic rings. The molecule has 0 aliphatic carbocycles. The Morgan fingerprint density at radius 1 is 1.27 bits per heavy atom. The van der Waals surface area contributed by atoms with Crippen molar-refractivity contribution in [3.8, 4) is 0 Å². The Kier molecular flexibility index (Phi) is 9.86. The van der Waals surface area contributed by atoms with Gasteiger partial charge in [-0.2, -0.15) is 5.10 Å². The zero-order chi connectivity index (χ0) is 20.6. The van der Waals surface area contributed by atoms with Gasteiger partial charge in [-0.25, -0.2) is 9.98 Å². The minimum absolute atomic E-state index is 0. The van der Waals surface area contributed by atoms with Crippen LogP contribution in [0, 0.1) is 0 Å². The quantitative estimate of drug-likeness (QED) is 0.248. The summed E-state index contributed by atoms with van der Waals surface area (Å²) in [5, 5.41) is 14.9. The molecule has 162 valence electrons. The lowest BCUT2D eigenvalue weighted by molar-refractivity contribution is 0.510. The van der Waals surface area contributed by atoms with Gasteiger partial charge in [0.1, 0.15) is 0 Å². The normalized spacial score (nSPS) is 12.2. The monoisotopic (exact) mass is 559 g/mol. The Bertz CT molecular complexity index is 910. The number of nitrogens with zero attached hydrogens (tertiary/aromatic N) is 5. The summed E-state index contributed by atoms with van der Waals surface area (Å²) in [7, 11) is 3.98. The number of aliphatic imine (C=N–C) groups is 1. The molecule has 0 spiro atoms. The maximum atomic E-state index is 6.06. The van der Waals surface area contributed by atoms with Crippen LogP contribution in [-0.2, 0) is 6.54 Å². The molecule has 7 nitrogen and oxygen atoms in total. The van der Waals surface area contributed by atoms with E-state index in [2.05, 4.69) is 25.7 Å². The molecule has 2 heterocycles. The minimum Gasteiger partial charge on any atom is -0.357 e. The highest BCUT2D eigenvalue weighted by molar-refractivity contribution is 14.0. The molecule has 3 rings (SSSR count). The van der Waals surface area contributed by atoms with Gasteiger partial charge in [-0.3, -0.25) is 4.68 Å². The summed E-state index contributed by atoms with van der Waals surface area (Å²) in [5.74, 6) is 0.748. The molecule has 1 aromatic carbocycles. The highest BCUT2D eigenvalue weighted by Crippen LogP contribution is 2.20. The van der Waals surface area contributed by atoms with Gasteiger partial charge in [-0.05, 0) is 30.7 Å². The molecule has 0 bridgehead atoms. The van der Waals surface area contributed by atoms with E-state index in [1.54, 1.807) is 17.5 Å². The van der Waals surface area contributed by atoms with Crippen LogP contribution >= 0.6 is 46.9 Å². The zero-order valence-electron chi connectivity index (χ0n) is 17.2. The van der Waals surface area contributed by atoms with Crippen LogP contribution in [0.15, 0.2) is 53.1 Å². The first-order valence-electron chi connectivity index (χ1n) is 9.45. The molecular weight excluding hydrogens is 533 g/mol. The van der Waals surface area contributed by atoms with E-state index in [4.69, 9.17) is 11.6 Å². The lowest BCUT2D eigenvalue weighted by Crippen LogP contribution is -2.40. The molecule has 2 aromatic heterocycles. The average Bonchev–Trinajstić information content (AvgIpc) is 3.40. The summed E-state index contributed by atoms with van der Waals surface area (Å²) in [6.45, 7) is 3.98. The van der Waals surface area contributed by atoms with Gasteiger partial charge in [0.05, 0.1) is 18.3 Å². The fourth-order valence-corrected chi connectivity index (χ4v) is 3.66. The molecule has 1 unspecified atom stereocenters. The van der Waals surface area contributed by atoms with Gasteiger partial charge in [-0.15, -0.1) is 35.3 Å². The Morgan fingerprint density at radius 3 is 2.63 bits per heavy atom. The SMILES string of the molecule is CCNC(=NCc1csc(N(C)C)n1)NCC(c1ccc(Cl)cc1)n1cccn1.I. The van der Waals surface area contributed by atoms with Gasteiger partial charge >= 0.3 is 0 Å². The van der Waals surface area contributed by atoms with E-state index < -0.39 is 0 Å². The van der Waals surface area contributed by atoms with Crippen molar-refractivity contribution in [1.29, 1.82) is 0 Å².